The highest BCUT2D eigenvalue weighted by Gasteiger charge is 2.29. The number of carboxylic acids is 1. The van der Waals surface area contributed by atoms with E-state index in [4.69, 9.17) is 4.74 Å². The maximum Gasteiger partial charge on any atom is 0.313 e. The van der Waals surface area contributed by atoms with Gasteiger partial charge in [0.05, 0.1) is 18.4 Å². The molecule has 0 atom stereocenters. The van der Waals surface area contributed by atoms with Gasteiger partial charge in [-0.05, 0) is 42.7 Å². The van der Waals surface area contributed by atoms with E-state index in [2.05, 4.69) is 5.32 Å². The maximum absolute atomic E-state index is 12.2. The summed E-state index contributed by atoms with van der Waals surface area (Å²) < 4.78 is 5.10. The van der Waals surface area contributed by atoms with Crippen LogP contribution in [0.15, 0.2) is 48.5 Å². The van der Waals surface area contributed by atoms with Gasteiger partial charge in [0.1, 0.15) is 0 Å². The van der Waals surface area contributed by atoms with Gasteiger partial charge in [-0.2, -0.15) is 0 Å². The number of carbonyl (C=O) groups is 2. The van der Waals surface area contributed by atoms with Crippen LogP contribution in [0.1, 0.15) is 30.5 Å². The van der Waals surface area contributed by atoms with Crippen molar-refractivity contribution in [2.45, 2.75) is 32.3 Å². The number of amides is 1. The third kappa shape index (κ3) is 4.90. The maximum atomic E-state index is 12.2. The topological polar surface area (TPSA) is 75.6 Å². The van der Waals surface area contributed by atoms with Crippen LogP contribution in [-0.4, -0.2) is 24.1 Å². The number of nitrogens with one attached hydrogen (secondary N) is 1. The fraction of sp³-hybridized carbons (Fsp3) is 0.300. The minimum atomic E-state index is -0.968. The minimum absolute atomic E-state index is 0.125. The predicted octanol–water partition coefficient (Wildman–Crippen LogP) is 3.38. The molecular formula is C20H23NO4. The summed E-state index contributed by atoms with van der Waals surface area (Å²) in [6, 6.07) is 14.6. The standard InChI is InChI=1S/C20H23NO4/c1-20(2,19(23)24)16-7-9-17(10-8-16)21-18(22)12-14-5-4-6-15(11-14)13-25-3/h4-11H,12-13H2,1-3H3,(H,21,22)(H,23,24). The van der Waals surface area contributed by atoms with Crippen LogP contribution in [-0.2, 0) is 32.8 Å². The second kappa shape index (κ2) is 7.94. The number of ether oxygens (including phenoxy) is 1. The van der Waals surface area contributed by atoms with Crippen LogP contribution in [0, 0.1) is 0 Å². The Morgan fingerprint density at radius 3 is 2.32 bits per heavy atom. The van der Waals surface area contributed by atoms with Crippen LogP contribution in [0.4, 0.5) is 5.69 Å². The van der Waals surface area contributed by atoms with Gasteiger partial charge in [0, 0.05) is 12.8 Å². The number of hydrogen-bond acceptors (Lipinski definition) is 3. The van der Waals surface area contributed by atoms with Gasteiger partial charge < -0.3 is 15.2 Å². The first-order valence-corrected chi connectivity index (χ1v) is 8.03. The van der Waals surface area contributed by atoms with E-state index in [-0.39, 0.29) is 12.3 Å². The molecule has 132 valence electrons. The summed E-state index contributed by atoms with van der Waals surface area (Å²) in [5.41, 5.74) is 2.29. The molecule has 2 aromatic rings. The quantitative estimate of drug-likeness (QED) is 0.809. The number of benzene rings is 2. The Hall–Kier alpha value is -2.66. The summed E-state index contributed by atoms with van der Waals surface area (Å²) in [5, 5.41) is 12.1. The molecule has 5 nitrogen and oxygen atoms in total. The van der Waals surface area contributed by atoms with Crippen LogP contribution >= 0.6 is 0 Å². The van der Waals surface area contributed by atoms with Gasteiger partial charge >= 0.3 is 5.97 Å². The number of carboxylic acid groups (broad SMARTS) is 1. The Bertz CT molecular complexity index is 751. The van der Waals surface area contributed by atoms with E-state index in [1.807, 2.05) is 24.3 Å². The highest BCUT2D eigenvalue weighted by Crippen LogP contribution is 2.24. The molecule has 0 saturated carbocycles. The molecule has 0 spiro atoms. The van der Waals surface area contributed by atoms with Crippen molar-refractivity contribution < 1.29 is 19.4 Å². The summed E-state index contributed by atoms with van der Waals surface area (Å²) in [4.78, 5) is 23.5. The third-order valence-corrected chi connectivity index (χ3v) is 4.09. The van der Waals surface area contributed by atoms with E-state index in [0.29, 0.717) is 17.9 Å². The normalized spacial score (nSPS) is 11.2. The molecule has 0 aliphatic rings. The first-order chi connectivity index (χ1) is 11.8. The minimum Gasteiger partial charge on any atom is -0.481 e. The second-order valence-corrected chi connectivity index (χ2v) is 6.49. The smallest absolute Gasteiger partial charge is 0.313 e. The highest BCUT2D eigenvalue weighted by molar-refractivity contribution is 5.92. The summed E-state index contributed by atoms with van der Waals surface area (Å²) in [5.74, 6) is -1.01. The average Bonchev–Trinajstić information content (AvgIpc) is 2.55. The number of hydrogen-bond donors (Lipinski definition) is 2. The molecule has 0 aromatic heterocycles. The molecule has 0 fully saturated rings. The lowest BCUT2D eigenvalue weighted by Crippen LogP contribution is -2.28. The van der Waals surface area contributed by atoms with Crippen LogP contribution in [0.5, 0.6) is 0 Å². The molecule has 0 aliphatic heterocycles. The van der Waals surface area contributed by atoms with Crippen molar-refractivity contribution in [2.75, 3.05) is 12.4 Å². The number of anilines is 1. The molecule has 2 aromatic carbocycles. The molecular weight excluding hydrogens is 318 g/mol. The Morgan fingerprint density at radius 2 is 1.72 bits per heavy atom. The van der Waals surface area contributed by atoms with Gasteiger partial charge in [-0.3, -0.25) is 9.59 Å². The van der Waals surface area contributed by atoms with Crippen molar-refractivity contribution in [1.29, 1.82) is 0 Å². The summed E-state index contributed by atoms with van der Waals surface area (Å²) >= 11 is 0. The van der Waals surface area contributed by atoms with Gasteiger partial charge in [-0.25, -0.2) is 0 Å². The number of methoxy groups -OCH3 is 1. The van der Waals surface area contributed by atoms with Gasteiger partial charge in [-0.15, -0.1) is 0 Å². The second-order valence-electron chi connectivity index (χ2n) is 6.49. The van der Waals surface area contributed by atoms with Crippen molar-refractivity contribution in [3.8, 4) is 0 Å². The molecule has 5 heteroatoms. The van der Waals surface area contributed by atoms with E-state index < -0.39 is 11.4 Å². The van der Waals surface area contributed by atoms with E-state index in [1.165, 1.54) is 0 Å². The van der Waals surface area contributed by atoms with Crippen LogP contribution in [0.25, 0.3) is 0 Å². The molecule has 0 bridgehead atoms. The lowest BCUT2D eigenvalue weighted by molar-refractivity contribution is -0.142. The zero-order valence-corrected chi connectivity index (χ0v) is 14.7. The highest BCUT2D eigenvalue weighted by atomic mass is 16.5. The van der Waals surface area contributed by atoms with Crippen molar-refractivity contribution in [3.05, 3.63) is 65.2 Å². The summed E-state index contributed by atoms with van der Waals surface area (Å²) in [7, 11) is 1.63. The zero-order chi connectivity index (χ0) is 18.4. The molecule has 0 aliphatic carbocycles. The first-order valence-electron chi connectivity index (χ1n) is 8.03. The van der Waals surface area contributed by atoms with Gasteiger partial charge in [0.25, 0.3) is 0 Å². The van der Waals surface area contributed by atoms with Crippen molar-refractivity contribution in [2.24, 2.45) is 0 Å². The van der Waals surface area contributed by atoms with Crippen LogP contribution < -0.4 is 5.32 Å². The van der Waals surface area contributed by atoms with Crippen LogP contribution in [0.3, 0.4) is 0 Å². The molecule has 1 amide bonds. The predicted molar refractivity (Wildman–Crippen MR) is 96.6 cm³/mol. The molecule has 2 rings (SSSR count). The van der Waals surface area contributed by atoms with Crippen molar-refractivity contribution >= 4 is 17.6 Å². The van der Waals surface area contributed by atoms with E-state index in [1.54, 1.807) is 45.2 Å². The van der Waals surface area contributed by atoms with Crippen molar-refractivity contribution in [1.82, 2.24) is 0 Å². The molecule has 0 unspecified atom stereocenters. The van der Waals surface area contributed by atoms with E-state index in [9.17, 15) is 14.7 Å². The van der Waals surface area contributed by atoms with Crippen molar-refractivity contribution in [3.63, 3.8) is 0 Å². The zero-order valence-electron chi connectivity index (χ0n) is 14.7. The fourth-order valence-electron chi connectivity index (χ4n) is 2.48. The summed E-state index contributed by atoms with van der Waals surface area (Å²) in [6.07, 6.45) is 0.264. The van der Waals surface area contributed by atoms with E-state index in [0.717, 1.165) is 11.1 Å². The Labute approximate surface area is 147 Å². The van der Waals surface area contributed by atoms with Gasteiger partial charge in [0.15, 0.2) is 0 Å². The molecule has 0 radical (unpaired) electrons. The third-order valence-electron chi connectivity index (χ3n) is 4.09. The lowest BCUT2D eigenvalue weighted by Gasteiger charge is -2.19. The fourth-order valence-corrected chi connectivity index (χ4v) is 2.48. The van der Waals surface area contributed by atoms with E-state index >= 15 is 0 Å². The number of carbonyl (C=O) groups excluding carboxylic acids is 1. The first kappa shape index (κ1) is 18.7. The Balaban J connectivity index is 2.01. The summed E-state index contributed by atoms with van der Waals surface area (Å²) in [6.45, 7) is 3.81. The molecule has 25 heavy (non-hydrogen) atoms. The number of rotatable bonds is 7. The molecule has 0 heterocycles. The Kier molecular flexibility index (Phi) is 5.93. The van der Waals surface area contributed by atoms with Gasteiger partial charge in [-0.1, -0.05) is 36.4 Å². The van der Waals surface area contributed by atoms with Gasteiger partial charge in [0.2, 0.25) is 5.91 Å². The number of aliphatic carboxylic acids is 1. The average molecular weight is 341 g/mol. The monoisotopic (exact) mass is 341 g/mol. The molecule has 0 saturated heterocycles. The lowest BCUT2D eigenvalue weighted by atomic mass is 9.85. The Morgan fingerprint density at radius 1 is 1.08 bits per heavy atom. The van der Waals surface area contributed by atoms with Crippen LogP contribution in [0.2, 0.25) is 0 Å². The molecule has 2 N–H and O–H groups in total. The largest absolute Gasteiger partial charge is 0.481 e. The SMILES string of the molecule is COCc1cccc(CC(=O)Nc2ccc(C(C)(C)C(=O)O)cc2)c1.